The van der Waals surface area contributed by atoms with Crippen LogP contribution < -0.4 is 5.32 Å². The van der Waals surface area contributed by atoms with E-state index < -0.39 is 0 Å². The molecule has 1 N–H and O–H groups in total. The molecule has 0 aliphatic carbocycles. The Morgan fingerprint density at radius 3 is 2.43 bits per heavy atom. The zero-order chi connectivity index (χ0) is 16.0. The van der Waals surface area contributed by atoms with Crippen LogP contribution in [0.2, 0.25) is 0 Å². The number of rotatable bonds is 8. The van der Waals surface area contributed by atoms with Gasteiger partial charge in [-0.05, 0) is 32.6 Å². The van der Waals surface area contributed by atoms with Crippen LogP contribution in [0.1, 0.15) is 53.9 Å². The largest absolute Gasteiger partial charge is 0.377 e. The Bertz CT molecular complexity index is 355. The SMILES string of the molecule is CCCC1C(=O)NC(CC(C)C)C(=O)N1CCOC(C)C. The molecule has 122 valence electrons. The number of carbonyl (C=O) groups is 2. The third-order valence-corrected chi connectivity index (χ3v) is 3.63. The van der Waals surface area contributed by atoms with Crippen LogP contribution in [0.3, 0.4) is 0 Å². The lowest BCUT2D eigenvalue weighted by molar-refractivity contribution is -0.151. The van der Waals surface area contributed by atoms with Gasteiger partial charge in [-0.15, -0.1) is 0 Å². The Hall–Kier alpha value is -1.10. The summed E-state index contributed by atoms with van der Waals surface area (Å²) in [7, 11) is 0. The van der Waals surface area contributed by atoms with Crippen molar-refractivity contribution in [3.63, 3.8) is 0 Å². The number of carbonyl (C=O) groups excluding carboxylic acids is 2. The van der Waals surface area contributed by atoms with Crippen molar-refractivity contribution in [3.05, 3.63) is 0 Å². The van der Waals surface area contributed by atoms with Crippen molar-refractivity contribution in [1.82, 2.24) is 10.2 Å². The lowest BCUT2D eigenvalue weighted by Crippen LogP contribution is -2.64. The summed E-state index contributed by atoms with van der Waals surface area (Å²) in [6.07, 6.45) is 2.40. The third-order valence-electron chi connectivity index (χ3n) is 3.63. The fraction of sp³-hybridized carbons (Fsp3) is 0.875. The number of hydrogen-bond donors (Lipinski definition) is 1. The highest BCUT2D eigenvalue weighted by Crippen LogP contribution is 2.18. The monoisotopic (exact) mass is 298 g/mol. The highest BCUT2D eigenvalue weighted by atomic mass is 16.5. The van der Waals surface area contributed by atoms with E-state index >= 15 is 0 Å². The molecule has 2 atom stereocenters. The van der Waals surface area contributed by atoms with E-state index in [1.54, 1.807) is 4.90 Å². The first kappa shape index (κ1) is 18.0. The molecule has 5 heteroatoms. The summed E-state index contributed by atoms with van der Waals surface area (Å²) in [5, 5.41) is 2.89. The van der Waals surface area contributed by atoms with Crippen LogP contribution in [-0.2, 0) is 14.3 Å². The van der Waals surface area contributed by atoms with E-state index in [4.69, 9.17) is 4.74 Å². The molecule has 2 unspecified atom stereocenters. The Morgan fingerprint density at radius 2 is 1.90 bits per heavy atom. The molecule has 0 aromatic rings. The molecule has 1 aliphatic rings. The molecule has 0 aromatic carbocycles. The van der Waals surface area contributed by atoms with Gasteiger partial charge in [-0.2, -0.15) is 0 Å². The summed E-state index contributed by atoms with van der Waals surface area (Å²) in [4.78, 5) is 26.6. The summed E-state index contributed by atoms with van der Waals surface area (Å²) in [6.45, 7) is 11.1. The number of ether oxygens (including phenoxy) is 1. The van der Waals surface area contributed by atoms with Crippen LogP contribution in [-0.4, -0.2) is 48.1 Å². The summed E-state index contributed by atoms with van der Waals surface area (Å²) < 4.78 is 5.55. The quantitative estimate of drug-likeness (QED) is 0.745. The molecule has 2 amide bonds. The molecule has 0 aromatic heterocycles. The fourth-order valence-corrected chi connectivity index (χ4v) is 2.67. The number of hydrogen-bond acceptors (Lipinski definition) is 3. The second-order valence-electron chi connectivity index (χ2n) is 6.45. The third kappa shape index (κ3) is 5.30. The molecule has 1 fully saturated rings. The maximum absolute atomic E-state index is 12.6. The molecule has 21 heavy (non-hydrogen) atoms. The van der Waals surface area contributed by atoms with Crippen LogP contribution in [0.5, 0.6) is 0 Å². The maximum Gasteiger partial charge on any atom is 0.245 e. The molecule has 1 rings (SSSR count). The average molecular weight is 298 g/mol. The van der Waals surface area contributed by atoms with Crippen LogP contribution in [0, 0.1) is 5.92 Å². The van der Waals surface area contributed by atoms with Gasteiger partial charge in [0.1, 0.15) is 12.1 Å². The summed E-state index contributed by atoms with van der Waals surface area (Å²) >= 11 is 0. The van der Waals surface area contributed by atoms with Gasteiger partial charge in [-0.25, -0.2) is 0 Å². The smallest absolute Gasteiger partial charge is 0.245 e. The first-order valence-electron chi connectivity index (χ1n) is 8.09. The maximum atomic E-state index is 12.6. The molecule has 1 saturated heterocycles. The molecule has 0 spiro atoms. The number of amides is 2. The van der Waals surface area contributed by atoms with Crippen molar-refractivity contribution in [2.24, 2.45) is 5.92 Å². The Morgan fingerprint density at radius 1 is 1.24 bits per heavy atom. The summed E-state index contributed by atoms with van der Waals surface area (Å²) in [6, 6.07) is -0.730. The van der Waals surface area contributed by atoms with Gasteiger partial charge < -0.3 is 15.0 Å². The minimum atomic E-state index is -0.385. The second kappa shape index (κ2) is 8.37. The summed E-state index contributed by atoms with van der Waals surface area (Å²) in [5.41, 5.74) is 0. The predicted molar refractivity (Wildman–Crippen MR) is 82.9 cm³/mol. The van der Waals surface area contributed by atoms with Gasteiger partial charge >= 0.3 is 0 Å². The zero-order valence-corrected chi connectivity index (χ0v) is 14.0. The first-order chi connectivity index (χ1) is 9.86. The van der Waals surface area contributed by atoms with Crippen molar-refractivity contribution in [2.75, 3.05) is 13.2 Å². The van der Waals surface area contributed by atoms with Gasteiger partial charge in [0.05, 0.1) is 12.7 Å². The molecular weight excluding hydrogens is 268 g/mol. The van der Waals surface area contributed by atoms with Gasteiger partial charge in [-0.3, -0.25) is 9.59 Å². The Labute approximate surface area is 128 Å². The fourth-order valence-electron chi connectivity index (χ4n) is 2.67. The van der Waals surface area contributed by atoms with Crippen molar-refractivity contribution in [1.29, 1.82) is 0 Å². The van der Waals surface area contributed by atoms with Crippen molar-refractivity contribution >= 4 is 11.8 Å². The average Bonchev–Trinajstić information content (AvgIpc) is 2.37. The normalized spacial score (nSPS) is 23.1. The van der Waals surface area contributed by atoms with E-state index in [-0.39, 0.29) is 30.0 Å². The number of nitrogens with one attached hydrogen (secondary N) is 1. The van der Waals surface area contributed by atoms with Gasteiger partial charge in [0.15, 0.2) is 0 Å². The lowest BCUT2D eigenvalue weighted by atomic mass is 9.97. The van der Waals surface area contributed by atoms with Gasteiger partial charge in [0.2, 0.25) is 11.8 Å². The number of nitrogens with zero attached hydrogens (tertiary/aromatic N) is 1. The highest BCUT2D eigenvalue weighted by molar-refractivity contribution is 5.96. The van der Waals surface area contributed by atoms with Gasteiger partial charge in [-0.1, -0.05) is 27.2 Å². The molecule has 5 nitrogen and oxygen atoms in total. The number of piperazine rings is 1. The Balaban J connectivity index is 2.76. The van der Waals surface area contributed by atoms with Crippen molar-refractivity contribution in [2.45, 2.75) is 72.1 Å². The molecular formula is C16H30N2O3. The second-order valence-corrected chi connectivity index (χ2v) is 6.45. The molecule has 1 heterocycles. The van der Waals surface area contributed by atoms with Gasteiger partial charge in [0.25, 0.3) is 0 Å². The van der Waals surface area contributed by atoms with E-state index in [0.29, 0.717) is 31.9 Å². The minimum absolute atomic E-state index is 0.0216. The van der Waals surface area contributed by atoms with E-state index in [9.17, 15) is 9.59 Å². The molecule has 0 radical (unpaired) electrons. The zero-order valence-electron chi connectivity index (χ0n) is 14.0. The van der Waals surface area contributed by atoms with Crippen LogP contribution >= 0.6 is 0 Å². The van der Waals surface area contributed by atoms with Crippen LogP contribution in [0.25, 0.3) is 0 Å². The lowest BCUT2D eigenvalue weighted by Gasteiger charge is -2.39. The standard InChI is InChI=1S/C16H30N2O3/c1-6-7-14-15(19)17-13(10-11(2)3)16(20)18(14)8-9-21-12(4)5/h11-14H,6-10H2,1-5H3,(H,17,19). The molecule has 0 bridgehead atoms. The predicted octanol–water partition coefficient (Wildman–Crippen LogP) is 1.95. The molecule has 0 saturated carbocycles. The first-order valence-corrected chi connectivity index (χ1v) is 8.09. The van der Waals surface area contributed by atoms with Crippen LogP contribution in [0.15, 0.2) is 0 Å². The van der Waals surface area contributed by atoms with Crippen LogP contribution in [0.4, 0.5) is 0 Å². The topological polar surface area (TPSA) is 58.6 Å². The molecule has 1 aliphatic heterocycles. The van der Waals surface area contributed by atoms with Crippen molar-refractivity contribution < 1.29 is 14.3 Å². The Kier molecular flexibility index (Phi) is 7.15. The van der Waals surface area contributed by atoms with Crippen molar-refractivity contribution in [3.8, 4) is 0 Å². The van der Waals surface area contributed by atoms with E-state index in [1.807, 2.05) is 20.8 Å². The van der Waals surface area contributed by atoms with E-state index in [2.05, 4.69) is 19.2 Å². The highest BCUT2D eigenvalue weighted by Gasteiger charge is 2.39. The van der Waals surface area contributed by atoms with E-state index in [1.165, 1.54) is 0 Å². The van der Waals surface area contributed by atoms with E-state index in [0.717, 1.165) is 6.42 Å². The van der Waals surface area contributed by atoms with Gasteiger partial charge in [0, 0.05) is 6.54 Å². The minimum Gasteiger partial charge on any atom is -0.377 e. The summed E-state index contributed by atoms with van der Waals surface area (Å²) in [5.74, 6) is 0.386.